The van der Waals surface area contributed by atoms with Crippen LogP contribution in [0.25, 0.3) is 11.0 Å². The van der Waals surface area contributed by atoms with Crippen molar-refractivity contribution in [3.8, 4) is 0 Å². The number of hydrogen-bond acceptors (Lipinski definition) is 7. The van der Waals surface area contributed by atoms with Crippen molar-refractivity contribution in [1.29, 1.82) is 0 Å². The standard InChI is InChI=1S/C34H40N6O4S/c1-5-16-37(4)31(42)28-27-18-22(3)34(45-27)29(28)32(43)40(24(20-41)19-23-12-8-7-9-13-23)30(34)33(44)38(17-6-2)21-39-26-15-11-10-14-25(26)35-36-39/h5-15,22,24,27-30,41H,1-2,16-21H2,3-4H3/t22?,24-,27+,28-,29+,30?,34?/m1/s1. The highest BCUT2D eigenvalue weighted by molar-refractivity contribution is 8.02. The smallest absolute Gasteiger partial charge is 0.248 e. The summed E-state index contributed by atoms with van der Waals surface area (Å²) in [4.78, 5) is 48.6. The van der Waals surface area contributed by atoms with Crippen molar-refractivity contribution >= 4 is 40.5 Å². The summed E-state index contributed by atoms with van der Waals surface area (Å²) in [6.45, 7) is 10.2. The normalized spacial score (nSPS) is 27.4. The number of nitrogens with zero attached hydrogens (tertiary/aromatic N) is 6. The van der Waals surface area contributed by atoms with Crippen LogP contribution in [-0.2, 0) is 27.5 Å². The lowest BCUT2D eigenvalue weighted by atomic mass is 9.65. The van der Waals surface area contributed by atoms with Crippen molar-refractivity contribution in [2.45, 2.75) is 48.5 Å². The second-order valence-corrected chi connectivity index (χ2v) is 13.9. The van der Waals surface area contributed by atoms with Gasteiger partial charge in [0.2, 0.25) is 17.7 Å². The molecule has 0 radical (unpaired) electrons. The minimum atomic E-state index is -0.891. The minimum Gasteiger partial charge on any atom is -0.394 e. The van der Waals surface area contributed by atoms with Crippen molar-refractivity contribution in [3.05, 3.63) is 85.5 Å². The van der Waals surface area contributed by atoms with E-state index < -0.39 is 28.7 Å². The quantitative estimate of drug-likeness (QED) is 0.307. The van der Waals surface area contributed by atoms with E-state index in [-0.39, 0.29) is 48.7 Å². The Kier molecular flexibility index (Phi) is 8.58. The number of likely N-dealkylation sites (tertiary alicyclic amines) is 1. The maximum atomic E-state index is 15.0. The molecule has 236 valence electrons. The number of carbonyl (C=O) groups is 3. The molecule has 3 saturated heterocycles. The molecule has 45 heavy (non-hydrogen) atoms. The molecule has 6 rings (SSSR count). The zero-order chi connectivity index (χ0) is 31.9. The lowest BCUT2D eigenvalue weighted by molar-refractivity contribution is -0.147. The Morgan fingerprint density at radius 1 is 1.11 bits per heavy atom. The van der Waals surface area contributed by atoms with Crippen LogP contribution in [0.3, 0.4) is 0 Å². The molecule has 11 heteroatoms. The number of aliphatic hydroxyl groups is 1. The predicted molar refractivity (Wildman–Crippen MR) is 174 cm³/mol. The van der Waals surface area contributed by atoms with E-state index in [4.69, 9.17) is 0 Å². The SMILES string of the molecule is C=CCN(C)C(=O)[C@@H]1[C@@H]2CC(C)C3(S2)C(C(=O)N(CC=C)Cn2nnc4ccccc42)N([C@@H](CO)Cc2ccccc2)C(=O)[C@H]13. The fourth-order valence-corrected chi connectivity index (χ4v) is 10.2. The van der Waals surface area contributed by atoms with Crippen molar-refractivity contribution in [2.75, 3.05) is 26.7 Å². The van der Waals surface area contributed by atoms with Crippen LogP contribution < -0.4 is 0 Å². The molecule has 2 aromatic carbocycles. The van der Waals surface area contributed by atoms with Crippen LogP contribution in [0, 0.1) is 17.8 Å². The van der Waals surface area contributed by atoms with Gasteiger partial charge >= 0.3 is 0 Å². The van der Waals surface area contributed by atoms with Crippen molar-refractivity contribution in [1.82, 2.24) is 29.7 Å². The third-order valence-corrected chi connectivity index (χ3v) is 11.9. The van der Waals surface area contributed by atoms with E-state index in [9.17, 15) is 14.7 Å². The molecule has 3 aromatic rings. The van der Waals surface area contributed by atoms with E-state index in [1.165, 1.54) is 0 Å². The first-order valence-electron chi connectivity index (χ1n) is 15.4. The van der Waals surface area contributed by atoms with Crippen LogP contribution in [0.15, 0.2) is 79.9 Å². The molecule has 1 aromatic heterocycles. The maximum Gasteiger partial charge on any atom is 0.248 e. The Morgan fingerprint density at radius 3 is 2.53 bits per heavy atom. The first-order valence-corrected chi connectivity index (χ1v) is 16.3. The largest absolute Gasteiger partial charge is 0.394 e. The Bertz CT molecular complexity index is 1610. The van der Waals surface area contributed by atoms with Gasteiger partial charge < -0.3 is 19.8 Å². The topological polar surface area (TPSA) is 112 Å². The van der Waals surface area contributed by atoms with E-state index in [1.54, 1.807) is 50.3 Å². The number of aliphatic hydroxyl groups excluding tert-OH is 1. The number of rotatable bonds is 12. The Labute approximate surface area is 267 Å². The summed E-state index contributed by atoms with van der Waals surface area (Å²) in [6.07, 6.45) is 4.44. The number of carbonyl (C=O) groups excluding carboxylic acids is 3. The average Bonchev–Trinajstić information content (AvgIpc) is 3.77. The highest BCUT2D eigenvalue weighted by Gasteiger charge is 2.77. The molecule has 3 unspecified atom stereocenters. The van der Waals surface area contributed by atoms with E-state index in [1.807, 2.05) is 54.6 Å². The van der Waals surface area contributed by atoms with Crippen molar-refractivity contribution in [3.63, 3.8) is 0 Å². The molecule has 0 saturated carbocycles. The summed E-state index contributed by atoms with van der Waals surface area (Å²) in [5.41, 5.74) is 2.45. The summed E-state index contributed by atoms with van der Waals surface area (Å²) in [5, 5.41) is 19.3. The zero-order valence-electron chi connectivity index (χ0n) is 25.7. The van der Waals surface area contributed by atoms with Gasteiger partial charge in [-0.05, 0) is 36.5 Å². The summed E-state index contributed by atoms with van der Waals surface area (Å²) in [6, 6.07) is 15.7. The number of benzene rings is 2. The molecule has 1 N–H and O–H groups in total. The van der Waals surface area contributed by atoms with Gasteiger partial charge in [-0.3, -0.25) is 14.4 Å². The predicted octanol–water partition coefficient (Wildman–Crippen LogP) is 2.99. The molecule has 7 atom stereocenters. The summed E-state index contributed by atoms with van der Waals surface area (Å²) in [5.74, 6) is -1.85. The van der Waals surface area contributed by atoms with Gasteiger partial charge in [0.25, 0.3) is 0 Å². The van der Waals surface area contributed by atoms with Gasteiger partial charge in [0, 0.05) is 25.4 Å². The Hall–Kier alpha value is -3.96. The highest BCUT2D eigenvalue weighted by atomic mass is 32.2. The number of thioether (sulfide) groups is 1. The van der Waals surface area contributed by atoms with Crippen LogP contribution in [0.2, 0.25) is 0 Å². The number of likely N-dealkylation sites (N-methyl/N-ethyl adjacent to an activating group) is 1. The number of hydrogen-bond donors (Lipinski definition) is 1. The van der Waals surface area contributed by atoms with E-state index in [2.05, 4.69) is 30.4 Å². The van der Waals surface area contributed by atoms with Gasteiger partial charge in [0.1, 0.15) is 18.2 Å². The molecule has 3 aliphatic heterocycles. The number of fused-ring (bicyclic) bond motifs is 2. The lowest BCUT2D eigenvalue weighted by Crippen LogP contribution is -2.59. The number of aromatic nitrogens is 3. The molecular weight excluding hydrogens is 588 g/mol. The van der Waals surface area contributed by atoms with E-state index in [0.717, 1.165) is 17.5 Å². The molecule has 1 spiro atoms. The van der Waals surface area contributed by atoms with Gasteiger partial charge in [-0.2, -0.15) is 0 Å². The summed E-state index contributed by atoms with van der Waals surface area (Å²) >= 11 is 1.63. The third-order valence-electron chi connectivity index (χ3n) is 9.79. The monoisotopic (exact) mass is 628 g/mol. The van der Waals surface area contributed by atoms with Crippen LogP contribution in [0.4, 0.5) is 0 Å². The average molecular weight is 629 g/mol. The fraction of sp³-hybridized carbons (Fsp3) is 0.441. The summed E-state index contributed by atoms with van der Waals surface area (Å²) < 4.78 is 0.849. The minimum absolute atomic E-state index is 0.0111. The van der Waals surface area contributed by atoms with Gasteiger partial charge in [-0.1, -0.05) is 66.8 Å². The van der Waals surface area contributed by atoms with Crippen LogP contribution in [0.1, 0.15) is 18.9 Å². The van der Waals surface area contributed by atoms with Crippen molar-refractivity contribution < 1.29 is 19.5 Å². The Morgan fingerprint density at radius 2 is 1.82 bits per heavy atom. The number of amides is 3. The first kappa shape index (κ1) is 31.0. The molecule has 0 aliphatic carbocycles. The maximum absolute atomic E-state index is 15.0. The van der Waals surface area contributed by atoms with Gasteiger partial charge in [0.15, 0.2) is 0 Å². The van der Waals surface area contributed by atoms with Crippen molar-refractivity contribution in [2.24, 2.45) is 17.8 Å². The van der Waals surface area contributed by atoms with E-state index in [0.29, 0.717) is 18.5 Å². The molecule has 4 heterocycles. The number of para-hydroxylation sites is 1. The zero-order valence-corrected chi connectivity index (χ0v) is 26.6. The van der Waals surface area contributed by atoms with Crippen LogP contribution in [-0.4, -0.2) is 101 Å². The molecular formula is C34H40N6O4S. The third kappa shape index (κ3) is 5.06. The van der Waals surface area contributed by atoms with E-state index >= 15 is 4.79 Å². The second-order valence-electron chi connectivity index (χ2n) is 12.4. The lowest BCUT2D eigenvalue weighted by Gasteiger charge is -2.42. The van der Waals surface area contributed by atoms with Crippen LogP contribution in [0.5, 0.6) is 0 Å². The first-order chi connectivity index (χ1) is 21.8. The summed E-state index contributed by atoms with van der Waals surface area (Å²) in [7, 11) is 1.73. The molecule has 3 amide bonds. The van der Waals surface area contributed by atoms with Gasteiger partial charge in [0.05, 0.1) is 34.7 Å². The molecule has 10 nitrogen and oxygen atoms in total. The van der Waals surface area contributed by atoms with Gasteiger partial charge in [-0.25, -0.2) is 4.68 Å². The van der Waals surface area contributed by atoms with Gasteiger partial charge in [-0.15, -0.1) is 30.0 Å². The highest BCUT2D eigenvalue weighted by Crippen LogP contribution is 2.69. The molecule has 3 aliphatic rings. The Balaban J connectivity index is 1.44. The second kappa shape index (κ2) is 12.4. The molecule has 3 fully saturated rings. The fourth-order valence-electron chi connectivity index (χ4n) is 7.82. The molecule has 2 bridgehead atoms. The van der Waals surface area contributed by atoms with Crippen LogP contribution >= 0.6 is 11.8 Å².